The smallest absolute Gasteiger partial charge is 0.271 e. The van der Waals surface area contributed by atoms with E-state index in [4.69, 9.17) is 11.6 Å². The Labute approximate surface area is 94.8 Å². The monoisotopic (exact) mass is 236 g/mol. The van der Waals surface area contributed by atoms with E-state index in [0.29, 0.717) is 17.2 Å². The van der Waals surface area contributed by atoms with Gasteiger partial charge < -0.3 is 0 Å². The highest BCUT2D eigenvalue weighted by Crippen LogP contribution is 2.23. The summed E-state index contributed by atoms with van der Waals surface area (Å²) >= 11 is 5.72. The molecule has 1 heterocycles. The SMILES string of the molecule is O=Cc1cc2ccc([N+](=O)[O-])cc2nc1Cl. The minimum absolute atomic E-state index is 0.0444. The first-order valence-electron chi connectivity index (χ1n) is 4.31. The molecular formula is C10H5ClN2O3. The number of halogens is 1. The van der Waals surface area contributed by atoms with Gasteiger partial charge in [0.25, 0.3) is 5.69 Å². The molecule has 0 atom stereocenters. The Bertz CT molecular complexity index is 598. The van der Waals surface area contributed by atoms with E-state index >= 15 is 0 Å². The van der Waals surface area contributed by atoms with Crippen LogP contribution in [0.3, 0.4) is 0 Å². The molecule has 0 aliphatic rings. The van der Waals surface area contributed by atoms with Crippen molar-refractivity contribution in [2.45, 2.75) is 0 Å². The van der Waals surface area contributed by atoms with Crippen LogP contribution in [0.25, 0.3) is 10.9 Å². The summed E-state index contributed by atoms with van der Waals surface area (Å²) < 4.78 is 0. The topological polar surface area (TPSA) is 73.1 Å². The van der Waals surface area contributed by atoms with Crippen molar-refractivity contribution in [2.75, 3.05) is 0 Å². The zero-order chi connectivity index (χ0) is 11.7. The fraction of sp³-hybridized carbons (Fsp3) is 0. The highest BCUT2D eigenvalue weighted by Gasteiger charge is 2.09. The Morgan fingerprint density at radius 1 is 1.38 bits per heavy atom. The van der Waals surface area contributed by atoms with Gasteiger partial charge in [-0.2, -0.15) is 0 Å². The second-order valence-corrected chi connectivity index (χ2v) is 3.48. The number of non-ortho nitro benzene ring substituents is 1. The highest BCUT2D eigenvalue weighted by molar-refractivity contribution is 6.32. The predicted molar refractivity (Wildman–Crippen MR) is 58.8 cm³/mol. The van der Waals surface area contributed by atoms with E-state index in [1.54, 1.807) is 6.07 Å². The second kappa shape index (κ2) is 3.86. The molecule has 0 radical (unpaired) electrons. The third-order valence-corrected chi connectivity index (χ3v) is 2.42. The molecule has 0 saturated heterocycles. The van der Waals surface area contributed by atoms with E-state index in [1.807, 2.05) is 0 Å². The maximum Gasteiger partial charge on any atom is 0.271 e. The van der Waals surface area contributed by atoms with Gasteiger partial charge in [0, 0.05) is 17.5 Å². The fourth-order valence-electron chi connectivity index (χ4n) is 1.34. The van der Waals surface area contributed by atoms with E-state index in [9.17, 15) is 14.9 Å². The summed E-state index contributed by atoms with van der Waals surface area (Å²) in [6.07, 6.45) is 0.593. The van der Waals surface area contributed by atoms with E-state index in [0.717, 1.165) is 0 Å². The molecule has 1 aromatic heterocycles. The number of benzene rings is 1. The molecule has 2 rings (SSSR count). The molecule has 6 heteroatoms. The largest absolute Gasteiger partial charge is 0.298 e. The molecule has 1 aromatic carbocycles. The molecule has 2 aromatic rings. The van der Waals surface area contributed by atoms with Gasteiger partial charge >= 0.3 is 0 Å². The van der Waals surface area contributed by atoms with Gasteiger partial charge in [-0.15, -0.1) is 0 Å². The lowest BCUT2D eigenvalue weighted by molar-refractivity contribution is -0.384. The molecule has 0 N–H and O–H groups in total. The maximum atomic E-state index is 10.6. The number of fused-ring (bicyclic) bond motifs is 1. The maximum absolute atomic E-state index is 10.6. The van der Waals surface area contributed by atoms with Crippen LogP contribution in [-0.4, -0.2) is 16.2 Å². The molecule has 80 valence electrons. The van der Waals surface area contributed by atoms with Crippen LogP contribution in [0.5, 0.6) is 0 Å². The molecule has 0 spiro atoms. The first kappa shape index (κ1) is 10.5. The molecular weight excluding hydrogens is 232 g/mol. The first-order chi connectivity index (χ1) is 7.61. The summed E-state index contributed by atoms with van der Waals surface area (Å²) in [5.74, 6) is 0. The van der Waals surface area contributed by atoms with Gasteiger partial charge in [0.15, 0.2) is 6.29 Å². The molecule has 0 aliphatic heterocycles. The number of pyridine rings is 1. The lowest BCUT2D eigenvalue weighted by atomic mass is 10.1. The van der Waals surface area contributed by atoms with Gasteiger partial charge in [-0.3, -0.25) is 14.9 Å². The number of carbonyl (C=O) groups excluding carboxylic acids is 1. The zero-order valence-electron chi connectivity index (χ0n) is 7.88. The summed E-state index contributed by atoms with van der Waals surface area (Å²) in [5, 5.41) is 11.2. The molecule has 5 nitrogen and oxygen atoms in total. The van der Waals surface area contributed by atoms with Crippen LogP contribution in [0.2, 0.25) is 5.15 Å². The molecule has 0 fully saturated rings. The number of aromatic nitrogens is 1. The Morgan fingerprint density at radius 2 is 2.12 bits per heavy atom. The quantitative estimate of drug-likeness (QED) is 0.348. The van der Waals surface area contributed by atoms with Crippen molar-refractivity contribution in [1.29, 1.82) is 0 Å². The Hall–Kier alpha value is -2.01. The van der Waals surface area contributed by atoms with E-state index in [2.05, 4.69) is 4.98 Å². The summed E-state index contributed by atoms with van der Waals surface area (Å²) in [5.41, 5.74) is 0.600. The van der Waals surface area contributed by atoms with Crippen LogP contribution in [0.15, 0.2) is 24.3 Å². The van der Waals surface area contributed by atoms with Crippen LogP contribution in [-0.2, 0) is 0 Å². The summed E-state index contributed by atoms with van der Waals surface area (Å²) in [7, 11) is 0. The third-order valence-electron chi connectivity index (χ3n) is 2.12. The first-order valence-corrected chi connectivity index (χ1v) is 4.69. The van der Waals surface area contributed by atoms with Gasteiger partial charge in [0.1, 0.15) is 5.15 Å². The van der Waals surface area contributed by atoms with Crippen LogP contribution < -0.4 is 0 Å². The molecule has 0 aliphatic carbocycles. The number of aldehydes is 1. The third kappa shape index (κ3) is 1.72. The van der Waals surface area contributed by atoms with E-state index < -0.39 is 4.92 Å². The van der Waals surface area contributed by atoms with Gasteiger partial charge in [0.2, 0.25) is 0 Å². The number of hydrogen-bond donors (Lipinski definition) is 0. The molecule has 0 unspecified atom stereocenters. The number of nitro benzene ring substituents is 1. The number of hydrogen-bond acceptors (Lipinski definition) is 4. The average molecular weight is 237 g/mol. The highest BCUT2D eigenvalue weighted by atomic mass is 35.5. The summed E-state index contributed by atoms with van der Waals surface area (Å²) in [4.78, 5) is 24.6. The zero-order valence-corrected chi connectivity index (χ0v) is 8.64. The van der Waals surface area contributed by atoms with Crippen LogP contribution in [0.1, 0.15) is 10.4 Å². The van der Waals surface area contributed by atoms with Gasteiger partial charge in [0.05, 0.1) is 16.0 Å². The fourth-order valence-corrected chi connectivity index (χ4v) is 1.53. The van der Waals surface area contributed by atoms with Crippen molar-refractivity contribution in [3.05, 3.63) is 45.1 Å². The number of carbonyl (C=O) groups is 1. The minimum atomic E-state index is -0.511. The number of rotatable bonds is 2. The predicted octanol–water partition coefficient (Wildman–Crippen LogP) is 2.61. The van der Waals surface area contributed by atoms with Crippen molar-refractivity contribution in [3.8, 4) is 0 Å². The van der Waals surface area contributed by atoms with Crippen molar-refractivity contribution in [1.82, 2.24) is 4.98 Å². The van der Waals surface area contributed by atoms with Crippen LogP contribution in [0, 0.1) is 10.1 Å². The van der Waals surface area contributed by atoms with Gasteiger partial charge in [-0.1, -0.05) is 11.6 Å². The Morgan fingerprint density at radius 3 is 2.75 bits per heavy atom. The van der Waals surface area contributed by atoms with Crippen LogP contribution >= 0.6 is 11.6 Å². The van der Waals surface area contributed by atoms with Crippen molar-refractivity contribution in [3.63, 3.8) is 0 Å². The lowest BCUT2D eigenvalue weighted by Crippen LogP contribution is -1.91. The lowest BCUT2D eigenvalue weighted by Gasteiger charge is -2.00. The molecule has 16 heavy (non-hydrogen) atoms. The number of nitro groups is 1. The second-order valence-electron chi connectivity index (χ2n) is 3.12. The molecule has 0 bridgehead atoms. The minimum Gasteiger partial charge on any atom is -0.298 e. The molecule has 0 saturated carbocycles. The molecule has 0 amide bonds. The van der Waals surface area contributed by atoms with E-state index in [1.165, 1.54) is 18.2 Å². The van der Waals surface area contributed by atoms with Crippen molar-refractivity contribution < 1.29 is 9.72 Å². The summed E-state index contributed by atoms with van der Waals surface area (Å²) in [6.45, 7) is 0. The standard InChI is InChI=1S/C10H5ClN2O3/c11-10-7(5-14)3-6-1-2-8(13(15)16)4-9(6)12-10/h1-5H. The van der Waals surface area contributed by atoms with Crippen molar-refractivity contribution >= 4 is 34.5 Å². The normalized spacial score (nSPS) is 10.3. The summed E-state index contributed by atoms with van der Waals surface area (Å²) in [6, 6.07) is 5.74. The van der Waals surface area contributed by atoms with Crippen LogP contribution in [0.4, 0.5) is 5.69 Å². The number of nitrogens with zero attached hydrogens (tertiary/aromatic N) is 2. The van der Waals surface area contributed by atoms with Crippen molar-refractivity contribution in [2.24, 2.45) is 0 Å². The van der Waals surface area contributed by atoms with Gasteiger partial charge in [-0.25, -0.2) is 4.98 Å². The van der Waals surface area contributed by atoms with E-state index in [-0.39, 0.29) is 16.4 Å². The Kier molecular flexibility index (Phi) is 2.54. The van der Waals surface area contributed by atoms with Gasteiger partial charge in [-0.05, 0) is 12.1 Å². The average Bonchev–Trinajstić information content (AvgIpc) is 2.27. The Balaban J connectivity index is 2.71.